The summed E-state index contributed by atoms with van der Waals surface area (Å²) in [5, 5.41) is 3.26. The van der Waals surface area contributed by atoms with Crippen molar-refractivity contribution in [3.8, 4) is 0 Å². The van der Waals surface area contributed by atoms with E-state index >= 15 is 0 Å². The lowest BCUT2D eigenvalue weighted by molar-refractivity contribution is -0.137. The minimum atomic E-state index is -4.38. The van der Waals surface area contributed by atoms with Crippen molar-refractivity contribution >= 4 is 17.3 Å². The van der Waals surface area contributed by atoms with E-state index in [9.17, 15) is 13.2 Å². The van der Waals surface area contributed by atoms with E-state index in [1.165, 1.54) is 6.07 Å². The molecule has 0 radical (unpaired) electrons. The van der Waals surface area contributed by atoms with Crippen LogP contribution >= 0.6 is 11.6 Å². The summed E-state index contributed by atoms with van der Waals surface area (Å²) in [6.07, 6.45) is -1.53. The second kappa shape index (κ2) is 7.21. The lowest BCUT2D eigenvalue weighted by Crippen LogP contribution is -2.21. The van der Waals surface area contributed by atoms with Gasteiger partial charge >= 0.3 is 6.18 Å². The van der Waals surface area contributed by atoms with Crippen molar-refractivity contribution in [2.45, 2.75) is 52.3 Å². The Balaban J connectivity index is 2.88. The maximum absolute atomic E-state index is 12.7. The summed E-state index contributed by atoms with van der Waals surface area (Å²) in [5.41, 5.74) is -0.286. The van der Waals surface area contributed by atoms with Crippen LogP contribution in [0.4, 0.5) is 18.9 Å². The van der Waals surface area contributed by atoms with E-state index < -0.39 is 11.7 Å². The van der Waals surface area contributed by atoms with Gasteiger partial charge in [-0.15, -0.1) is 0 Å². The van der Waals surface area contributed by atoms with E-state index in [0.717, 1.165) is 31.4 Å². The molecule has 0 aliphatic carbocycles. The fourth-order valence-electron chi connectivity index (χ4n) is 2.05. The molecule has 0 amide bonds. The predicted molar refractivity (Wildman–Crippen MR) is 78.2 cm³/mol. The molecule has 1 rings (SSSR count). The molecular formula is C15H21ClF3N. The van der Waals surface area contributed by atoms with Crippen LogP contribution in [0, 0.1) is 5.92 Å². The number of nitrogens with one attached hydrogen (secondary N) is 1. The van der Waals surface area contributed by atoms with Gasteiger partial charge in [0.1, 0.15) is 0 Å². The minimum absolute atomic E-state index is 0.0979. The van der Waals surface area contributed by atoms with Crippen molar-refractivity contribution < 1.29 is 13.2 Å². The molecule has 1 aromatic carbocycles. The fraction of sp³-hybridized carbons (Fsp3) is 0.600. The van der Waals surface area contributed by atoms with Gasteiger partial charge in [-0.3, -0.25) is 0 Å². The van der Waals surface area contributed by atoms with Crippen LogP contribution in [0.15, 0.2) is 18.2 Å². The van der Waals surface area contributed by atoms with Gasteiger partial charge in [0.15, 0.2) is 0 Å². The Morgan fingerprint density at radius 2 is 1.80 bits per heavy atom. The van der Waals surface area contributed by atoms with Gasteiger partial charge in [-0.2, -0.15) is 13.2 Å². The van der Waals surface area contributed by atoms with Crippen LogP contribution in [0.1, 0.15) is 45.6 Å². The summed E-state index contributed by atoms with van der Waals surface area (Å²) in [6, 6.07) is 3.76. The number of hydrogen-bond donors (Lipinski definition) is 1. The van der Waals surface area contributed by atoms with Crippen LogP contribution in [0.3, 0.4) is 0 Å². The first kappa shape index (κ1) is 17.2. The molecule has 1 aromatic rings. The highest BCUT2D eigenvalue weighted by molar-refractivity contribution is 6.30. The van der Waals surface area contributed by atoms with Gasteiger partial charge in [-0.25, -0.2) is 0 Å². The summed E-state index contributed by atoms with van der Waals surface area (Å²) in [5.74, 6) is 0.536. The number of halogens is 4. The van der Waals surface area contributed by atoms with Crippen LogP contribution in [0.2, 0.25) is 5.02 Å². The molecule has 2 atom stereocenters. The number of benzene rings is 1. The standard InChI is InChI=1S/C15H21ClF3N/c1-4-10(3)6-13(5-2)20-14-8-11(15(17,18)19)7-12(16)9-14/h7-10,13,20H,4-6H2,1-3H3. The van der Waals surface area contributed by atoms with Crippen LogP contribution in [-0.4, -0.2) is 6.04 Å². The zero-order chi connectivity index (χ0) is 15.3. The van der Waals surface area contributed by atoms with Crippen molar-refractivity contribution in [2.75, 3.05) is 5.32 Å². The van der Waals surface area contributed by atoms with Gasteiger partial charge < -0.3 is 5.32 Å². The molecule has 1 nitrogen and oxygen atoms in total. The number of alkyl halides is 3. The Labute approximate surface area is 123 Å². The third-order valence-corrected chi connectivity index (χ3v) is 3.69. The Kier molecular flexibility index (Phi) is 6.18. The van der Waals surface area contributed by atoms with Crippen molar-refractivity contribution in [3.63, 3.8) is 0 Å². The summed E-state index contributed by atoms with van der Waals surface area (Å²) in [7, 11) is 0. The average molecular weight is 308 g/mol. The monoisotopic (exact) mass is 307 g/mol. The second-order valence-electron chi connectivity index (χ2n) is 5.22. The normalized spacial score (nSPS) is 14.9. The molecule has 0 saturated heterocycles. The molecular weight excluding hydrogens is 287 g/mol. The smallest absolute Gasteiger partial charge is 0.382 e. The number of anilines is 1. The first-order valence-corrected chi connectivity index (χ1v) is 7.28. The topological polar surface area (TPSA) is 12.0 Å². The van der Waals surface area contributed by atoms with E-state index in [-0.39, 0.29) is 11.1 Å². The second-order valence-corrected chi connectivity index (χ2v) is 5.66. The number of rotatable bonds is 6. The molecule has 0 heterocycles. The molecule has 0 spiro atoms. The zero-order valence-corrected chi connectivity index (χ0v) is 12.8. The zero-order valence-electron chi connectivity index (χ0n) is 12.0. The summed E-state index contributed by atoms with van der Waals surface area (Å²) in [4.78, 5) is 0. The highest BCUT2D eigenvalue weighted by atomic mass is 35.5. The van der Waals surface area contributed by atoms with Crippen LogP contribution < -0.4 is 5.32 Å². The first-order valence-electron chi connectivity index (χ1n) is 6.90. The van der Waals surface area contributed by atoms with Crippen LogP contribution in [-0.2, 0) is 6.18 Å². The fourth-order valence-corrected chi connectivity index (χ4v) is 2.29. The largest absolute Gasteiger partial charge is 0.416 e. The highest BCUT2D eigenvalue weighted by Crippen LogP contribution is 2.33. The Morgan fingerprint density at radius 3 is 2.30 bits per heavy atom. The van der Waals surface area contributed by atoms with E-state index in [0.29, 0.717) is 11.6 Å². The van der Waals surface area contributed by atoms with Crippen molar-refractivity contribution in [1.82, 2.24) is 0 Å². The summed E-state index contributed by atoms with van der Waals surface area (Å²) in [6.45, 7) is 6.28. The van der Waals surface area contributed by atoms with Gasteiger partial charge in [0, 0.05) is 16.8 Å². The van der Waals surface area contributed by atoms with E-state index in [4.69, 9.17) is 11.6 Å². The summed E-state index contributed by atoms with van der Waals surface area (Å²) >= 11 is 5.78. The third-order valence-electron chi connectivity index (χ3n) is 3.47. The van der Waals surface area contributed by atoms with Crippen molar-refractivity contribution in [2.24, 2.45) is 5.92 Å². The molecule has 0 fully saturated rings. The molecule has 1 N–H and O–H groups in total. The molecule has 0 bridgehead atoms. The Morgan fingerprint density at radius 1 is 1.15 bits per heavy atom. The van der Waals surface area contributed by atoms with Crippen LogP contribution in [0.5, 0.6) is 0 Å². The lowest BCUT2D eigenvalue weighted by atomic mass is 9.97. The minimum Gasteiger partial charge on any atom is -0.382 e. The lowest BCUT2D eigenvalue weighted by Gasteiger charge is -2.22. The number of hydrogen-bond acceptors (Lipinski definition) is 1. The van der Waals surface area contributed by atoms with Gasteiger partial charge in [0.05, 0.1) is 5.56 Å². The van der Waals surface area contributed by atoms with Gasteiger partial charge in [0.25, 0.3) is 0 Å². The Hall–Kier alpha value is -0.900. The van der Waals surface area contributed by atoms with Gasteiger partial charge in [-0.05, 0) is 37.0 Å². The van der Waals surface area contributed by atoms with Gasteiger partial charge in [0.2, 0.25) is 0 Å². The molecule has 5 heteroatoms. The quantitative estimate of drug-likeness (QED) is 0.681. The van der Waals surface area contributed by atoms with E-state index in [1.54, 1.807) is 0 Å². The molecule has 0 aliphatic heterocycles. The molecule has 0 aromatic heterocycles. The van der Waals surface area contributed by atoms with Crippen molar-refractivity contribution in [1.29, 1.82) is 0 Å². The summed E-state index contributed by atoms with van der Waals surface area (Å²) < 4.78 is 38.2. The molecule has 20 heavy (non-hydrogen) atoms. The Bertz CT molecular complexity index is 432. The predicted octanol–water partition coefficient (Wildman–Crippen LogP) is 5.99. The molecule has 2 unspecified atom stereocenters. The van der Waals surface area contributed by atoms with E-state index in [1.807, 2.05) is 6.92 Å². The SMILES string of the molecule is CCC(C)CC(CC)Nc1cc(Cl)cc(C(F)(F)F)c1. The first-order chi connectivity index (χ1) is 9.26. The highest BCUT2D eigenvalue weighted by Gasteiger charge is 2.31. The van der Waals surface area contributed by atoms with Crippen molar-refractivity contribution in [3.05, 3.63) is 28.8 Å². The molecule has 0 aliphatic rings. The van der Waals surface area contributed by atoms with E-state index in [2.05, 4.69) is 19.2 Å². The maximum Gasteiger partial charge on any atom is 0.416 e. The van der Waals surface area contributed by atoms with Gasteiger partial charge in [-0.1, -0.05) is 38.8 Å². The van der Waals surface area contributed by atoms with Crippen LogP contribution in [0.25, 0.3) is 0 Å². The molecule has 114 valence electrons. The average Bonchev–Trinajstić information content (AvgIpc) is 2.36. The third kappa shape index (κ3) is 5.23. The molecule has 0 saturated carbocycles. The maximum atomic E-state index is 12.7.